The van der Waals surface area contributed by atoms with Gasteiger partial charge >= 0.3 is 84.4 Å². The second-order valence-corrected chi connectivity index (χ2v) is 0. The van der Waals surface area contributed by atoms with Gasteiger partial charge in [-0.3, -0.25) is 0 Å². The van der Waals surface area contributed by atoms with E-state index in [0.717, 1.165) is 0 Å². The van der Waals surface area contributed by atoms with Crippen LogP contribution in [0, 0.1) is 74.6 Å². The molecule has 0 radical (unpaired) electrons. The molecule has 0 heterocycles. The zero-order valence-electron chi connectivity index (χ0n) is 2.93. The summed E-state index contributed by atoms with van der Waals surface area (Å²) in [5.74, 6) is 0. The van der Waals surface area contributed by atoms with Gasteiger partial charge in [-0.15, -0.1) is 0 Å². The van der Waals surface area contributed by atoms with E-state index in [-0.39, 0.29) is 129 Å². The zero-order valence-corrected chi connectivity index (χ0v) is 16.0. The second-order valence-electron chi connectivity index (χ2n) is 0. The topological polar surface area (TPSA) is 47.1 Å². The van der Waals surface area contributed by atoms with E-state index in [1.165, 1.54) is 0 Å². The van der Waals surface area contributed by atoms with E-state index in [1.54, 1.807) is 0 Å². The van der Waals surface area contributed by atoms with Crippen molar-refractivity contribution in [1.82, 2.24) is 0 Å². The molecule has 0 aliphatic heterocycles. The Bertz CT molecular complexity index is 9.61. The first-order valence-corrected chi connectivity index (χ1v) is 1.72. The molecule has 2 nitrogen and oxygen atoms in total. The normalized spacial score (nSPS) is 1.20. The van der Waals surface area contributed by atoms with Gasteiger partial charge in [0.15, 0.2) is 0 Å². The second kappa shape index (κ2) is 24.8. The first kappa shape index (κ1) is 23.2. The summed E-state index contributed by atoms with van der Waals surface area (Å²) in [6.07, 6.45) is 0. The van der Waals surface area contributed by atoms with Crippen LogP contribution >= 0.6 is 0 Å². The predicted octanol–water partition coefficient (Wildman–Crippen LogP) is -0.944. The van der Waals surface area contributed by atoms with Gasteiger partial charge in [0, 0.05) is 40.8 Å². The van der Waals surface area contributed by atoms with Crippen molar-refractivity contribution < 1.29 is 81.8 Å². The third-order valence-electron chi connectivity index (χ3n) is 0. The molecule has 0 aromatic heterocycles. The molecule has 0 amide bonds. The molecule has 0 aliphatic rings. The maximum absolute atomic E-state index is 8.42. The molecule has 0 saturated carbocycles. The fourth-order valence-electron chi connectivity index (χ4n) is 0. The molecule has 0 unspecified atom stereocenters. The molecule has 23 valence electrons. The van der Waals surface area contributed by atoms with Crippen LogP contribution in [-0.2, 0) is 1.70 Å². The standard InChI is InChI=1S/Ba.La.Nd.H2O.O.H/h;;;1H2;;/q+1;;;;;/p-1. The summed E-state index contributed by atoms with van der Waals surface area (Å²) in [5, 5.41) is 0. The predicted molar refractivity (Wildman–Crippen MR) is 9.77 cm³/mol. The van der Waals surface area contributed by atoms with E-state index < -0.39 is 0 Å². The SMILES string of the molecule is [BaH+].[Nd].[OH-].[O]=[La]. The summed E-state index contributed by atoms with van der Waals surface area (Å²) in [6, 6.07) is 0. The van der Waals surface area contributed by atoms with E-state index in [9.17, 15) is 0 Å². The fourth-order valence-corrected chi connectivity index (χ4v) is 0. The molecule has 0 spiro atoms. The number of hydrogen-bond acceptors (Lipinski definition) is 2. The fraction of sp³-hybridized carbons (Fsp3) is 0. The van der Waals surface area contributed by atoms with Crippen molar-refractivity contribution in [3.8, 4) is 0 Å². The Hall–Kier alpha value is 3.88. The molecular weight excluding hydrogens is 452 g/mol. The van der Waals surface area contributed by atoms with Gasteiger partial charge in [-0.05, 0) is 0 Å². The van der Waals surface area contributed by atoms with E-state index in [1.807, 2.05) is 0 Å². The van der Waals surface area contributed by atoms with Crippen LogP contribution in [0.15, 0.2) is 0 Å². The molecule has 0 saturated heterocycles. The van der Waals surface area contributed by atoms with Gasteiger partial charge in [0.25, 0.3) is 0 Å². The molecule has 0 aromatic rings. The van der Waals surface area contributed by atoms with Crippen molar-refractivity contribution in [3.05, 3.63) is 0 Å². The Morgan fingerprint density at radius 3 is 1.20 bits per heavy atom. The van der Waals surface area contributed by atoms with Gasteiger partial charge in [0.05, 0.1) is 0 Å². The molecular formula is H2BaLaNdO2. The van der Waals surface area contributed by atoms with E-state index in [0.29, 0.717) is 0 Å². The zero-order chi connectivity index (χ0) is 2.00. The van der Waals surface area contributed by atoms with Crippen LogP contribution in [-0.4, -0.2) is 54.4 Å². The van der Waals surface area contributed by atoms with Crippen LogP contribution in [0.25, 0.3) is 0 Å². The van der Waals surface area contributed by atoms with Crippen molar-refractivity contribution >= 4 is 48.9 Å². The number of rotatable bonds is 0. The van der Waals surface area contributed by atoms with Crippen molar-refractivity contribution in [2.75, 3.05) is 0 Å². The monoisotopic (exact) mass is 453 g/mol. The molecule has 5 heavy (non-hydrogen) atoms. The summed E-state index contributed by atoms with van der Waals surface area (Å²) < 4.78 is 8.42. The average molecular weight is 454 g/mol. The summed E-state index contributed by atoms with van der Waals surface area (Å²) in [4.78, 5) is 0. The molecule has 0 rings (SSSR count). The van der Waals surface area contributed by atoms with E-state index in [2.05, 4.69) is 0 Å². The Morgan fingerprint density at radius 1 is 1.20 bits per heavy atom. The van der Waals surface area contributed by atoms with Gasteiger partial charge in [0.1, 0.15) is 0 Å². The van der Waals surface area contributed by atoms with Gasteiger partial charge in [-0.1, -0.05) is 0 Å². The molecule has 5 heteroatoms. The minimum atomic E-state index is -0.0833. The van der Waals surface area contributed by atoms with Crippen LogP contribution in [0.4, 0.5) is 0 Å². The maximum atomic E-state index is 8.42. The van der Waals surface area contributed by atoms with Gasteiger partial charge in [-0.2, -0.15) is 0 Å². The number of hydrogen-bond donors (Lipinski definition) is 0. The van der Waals surface area contributed by atoms with Crippen LogP contribution in [0.3, 0.4) is 0 Å². The first-order chi connectivity index (χ1) is 1.00. The Labute approximate surface area is 126 Å². The van der Waals surface area contributed by atoms with Crippen LogP contribution < -0.4 is 0 Å². The summed E-state index contributed by atoms with van der Waals surface area (Å²) in [5.41, 5.74) is 0. The summed E-state index contributed by atoms with van der Waals surface area (Å²) in [6.45, 7) is 0. The van der Waals surface area contributed by atoms with E-state index in [4.69, 9.17) is 1.70 Å². The summed E-state index contributed by atoms with van der Waals surface area (Å²) >= 11 is -0.0833. The molecule has 1 N–H and O–H groups in total. The Morgan fingerprint density at radius 2 is 1.20 bits per heavy atom. The van der Waals surface area contributed by atoms with Crippen molar-refractivity contribution in [3.63, 3.8) is 0 Å². The molecule has 0 atom stereocenters. The molecule has 0 aromatic carbocycles. The van der Waals surface area contributed by atoms with Crippen LogP contribution in [0.1, 0.15) is 0 Å². The molecule has 0 aliphatic carbocycles. The Kier molecular flexibility index (Phi) is 115. The van der Waals surface area contributed by atoms with Crippen molar-refractivity contribution in [2.45, 2.75) is 0 Å². The third-order valence-corrected chi connectivity index (χ3v) is 0. The summed E-state index contributed by atoms with van der Waals surface area (Å²) in [7, 11) is 0. The van der Waals surface area contributed by atoms with Crippen molar-refractivity contribution in [2.24, 2.45) is 0 Å². The minimum absolute atomic E-state index is 0. The molecule has 0 bridgehead atoms. The average Bonchev–Trinajstić information content (AvgIpc) is 1.00. The van der Waals surface area contributed by atoms with E-state index >= 15 is 0 Å². The first-order valence-electron chi connectivity index (χ1n) is 0.236. The van der Waals surface area contributed by atoms with Crippen molar-refractivity contribution in [1.29, 1.82) is 0 Å². The van der Waals surface area contributed by atoms with Crippen LogP contribution in [0.5, 0.6) is 0 Å². The Balaban J connectivity index is -0.00000000167. The third kappa shape index (κ3) is 18.1. The quantitative estimate of drug-likeness (QED) is 0.444. The van der Waals surface area contributed by atoms with Gasteiger partial charge in [-0.25, -0.2) is 0 Å². The van der Waals surface area contributed by atoms with Gasteiger partial charge < -0.3 is 5.48 Å². The van der Waals surface area contributed by atoms with Gasteiger partial charge in [0.2, 0.25) is 0 Å². The molecule has 0 fully saturated rings. The van der Waals surface area contributed by atoms with Crippen LogP contribution in [0.2, 0.25) is 0 Å².